The molecule has 106 valence electrons. The van der Waals surface area contributed by atoms with E-state index in [1.807, 2.05) is 26.0 Å². The fourth-order valence-corrected chi connectivity index (χ4v) is 2.99. The zero-order valence-electron chi connectivity index (χ0n) is 11.3. The van der Waals surface area contributed by atoms with Gasteiger partial charge in [0.1, 0.15) is 0 Å². The van der Waals surface area contributed by atoms with Crippen molar-refractivity contribution in [3.63, 3.8) is 0 Å². The zero-order chi connectivity index (χ0) is 14.8. The molecule has 0 heterocycles. The summed E-state index contributed by atoms with van der Waals surface area (Å²) in [5, 5.41) is 0. The van der Waals surface area contributed by atoms with E-state index < -0.39 is 10.0 Å². The molecule has 0 radical (unpaired) electrons. The maximum absolute atomic E-state index is 12.3. The van der Waals surface area contributed by atoms with Crippen molar-refractivity contribution in [2.75, 3.05) is 10.1 Å². The van der Waals surface area contributed by atoms with Crippen molar-refractivity contribution in [2.24, 2.45) is 5.84 Å². The Labute approximate surface area is 118 Å². The van der Waals surface area contributed by atoms with Gasteiger partial charge in [0.2, 0.25) is 0 Å². The minimum atomic E-state index is -3.59. The third-order valence-electron chi connectivity index (χ3n) is 2.96. The van der Waals surface area contributed by atoms with E-state index in [4.69, 9.17) is 5.84 Å². The lowest BCUT2D eigenvalue weighted by Crippen LogP contribution is -2.14. The minimum Gasteiger partial charge on any atom is -0.324 e. The Morgan fingerprint density at radius 3 is 2.20 bits per heavy atom. The molecule has 0 aliphatic rings. The summed E-state index contributed by atoms with van der Waals surface area (Å²) < 4.78 is 27.1. The molecule has 2 aromatic carbocycles. The number of nitrogens with one attached hydrogen (secondary N) is 2. The van der Waals surface area contributed by atoms with Gasteiger partial charge in [0.25, 0.3) is 10.0 Å². The monoisotopic (exact) mass is 291 g/mol. The Morgan fingerprint density at radius 1 is 1.00 bits per heavy atom. The number of hydrogen-bond acceptors (Lipinski definition) is 4. The average molecular weight is 291 g/mol. The van der Waals surface area contributed by atoms with E-state index in [9.17, 15) is 8.42 Å². The van der Waals surface area contributed by atoms with E-state index in [2.05, 4.69) is 10.1 Å². The number of hydrazine groups is 1. The smallest absolute Gasteiger partial charge is 0.261 e. The second-order valence-electron chi connectivity index (χ2n) is 4.59. The number of nitrogen functional groups attached to an aromatic ring is 1. The summed E-state index contributed by atoms with van der Waals surface area (Å²) >= 11 is 0. The summed E-state index contributed by atoms with van der Waals surface area (Å²) in [6.45, 7) is 3.83. The normalized spacial score (nSPS) is 11.2. The highest BCUT2D eigenvalue weighted by molar-refractivity contribution is 7.92. The van der Waals surface area contributed by atoms with Gasteiger partial charge in [0, 0.05) is 5.69 Å². The molecule has 2 rings (SSSR count). The number of rotatable bonds is 4. The molecule has 0 unspecified atom stereocenters. The summed E-state index contributed by atoms with van der Waals surface area (Å²) in [7, 11) is -3.59. The highest BCUT2D eigenvalue weighted by Crippen LogP contribution is 2.21. The van der Waals surface area contributed by atoms with Crippen LogP contribution >= 0.6 is 0 Å². The molecule has 4 N–H and O–H groups in total. The first-order chi connectivity index (χ1) is 9.42. The lowest BCUT2D eigenvalue weighted by molar-refractivity contribution is 0.601. The van der Waals surface area contributed by atoms with E-state index in [1.54, 1.807) is 18.2 Å². The van der Waals surface area contributed by atoms with Gasteiger partial charge in [-0.3, -0.25) is 10.6 Å². The van der Waals surface area contributed by atoms with Crippen LogP contribution < -0.4 is 16.0 Å². The Morgan fingerprint density at radius 2 is 1.65 bits per heavy atom. The van der Waals surface area contributed by atoms with Crippen LogP contribution in [0.1, 0.15) is 11.1 Å². The van der Waals surface area contributed by atoms with Crippen LogP contribution in [0.3, 0.4) is 0 Å². The predicted molar refractivity (Wildman–Crippen MR) is 81.0 cm³/mol. The lowest BCUT2D eigenvalue weighted by atomic mass is 10.1. The third-order valence-corrected chi connectivity index (χ3v) is 4.34. The lowest BCUT2D eigenvalue weighted by Gasteiger charge is -2.11. The predicted octanol–water partition coefficient (Wildman–Crippen LogP) is 2.39. The van der Waals surface area contributed by atoms with Crippen LogP contribution in [0.2, 0.25) is 0 Å². The molecule has 6 heteroatoms. The average Bonchev–Trinajstić information content (AvgIpc) is 2.42. The van der Waals surface area contributed by atoms with Gasteiger partial charge in [-0.1, -0.05) is 17.7 Å². The van der Waals surface area contributed by atoms with Crippen molar-refractivity contribution < 1.29 is 8.42 Å². The molecule has 0 aliphatic carbocycles. The SMILES string of the molecule is Cc1ccc(NS(=O)(=O)c2ccc(NN)cc2)c(C)c1. The van der Waals surface area contributed by atoms with Gasteiger partial charge in [0.15, 0.2) is 0 Å². The molecule has 20 heavy (non-hydrogen) atoms. The van der Waals surface area contributed by atoms with E-state index in [0.29, 0.717) is 11.4 Å². The number of nitrogens with two attached hydrogens (primary N) is 1. The number of hydrogen-bond donors (Lipinski definition) is 3. The van der Waals surface area contributed by atoms with Gasteiger partial charge in [-0.25, -0.2) is 8.42 Å². The first-order valence-corrected chi connectivity index (χ1v) is 7.57. The quantitative estimate of drug-likeness (QED) is 0.596. The van der Waals surface area contributed by atoms with Crippen molar-refractivity contribution in [1.82, 2.24) is 0 Å². The summed E-state index contributed by atoms with van der Waals surface area (Å²) in [4.78, 5) is 0.191. The molecule has 2 aromatic rings. The van der Waals surface area contributed by atoms with Gasteiger partial charge in [-0.15, -0.1) is 0 Å². The molecule has 0 spiro atoms. The maximum atomic E-state index is 12.3. The second kappa shape index (κ2) is 5.52. The van der Waals surface area contributed by atoms with Gasteiger partial charge < -0.3 is 5.43 Å². The third kappa shape index (κ3) is 3.09. The second-order valence-corrected chi connectivity index (χ2v) is 6.27. The summed E-state index contributed by atoms with van der Waals surface area (Å²) in [5.74, 6) is 5.25. The maximum Gasteiger partial charge on any atom is 0.261 e. The molecule has 0 amide bonds. The summed E-state index contributed by atoms with van der Waals surface area (Å²) in [6.07, 6.45) is 0. The molecule has 0 bridgehead atoms. The Bertz CT molecular complexity index is 710. The molecule has 0 atom stereocenters. The Hall–Kier alpha value is -2.05. The number of anilines is 2. The highest BCUT2D eigenvalue weighted by Gasteiger charge is 2.15. The largest absolute Gasteiger partial charge is 0.324 e. The molecular formula is C14H17N3O2S. The minimum absolute atomic E-state index is 0.191. The van der Waals surface area contributed by atoms with Gasteiger partial charge in [-0.05, 0) is 49.7 Å². The van der Waals surface area contributed by atoms with Crippen LogP contribution in [-0.2, 0) is 10.0 Å². The highest BCUT2D eigenvalue weighted by atomic mass is 32.2. The van der Waals surface area contributed by atoms with Gasteiger partial charge >= 0.3 is 0 Å². The van der Waals surface area contributed by atoms with Gasteiger partial charge in [-0.2, -0.15) is 0 Å². The van der Waals surface area contributed by atoms with Crippen LogP contribution in [0.15, 0.2) is 47.4 Å². The topological polar surface area (TPSA) is 84.2 Å². The van der Waals surface area contributed by atoms with Gasteiger partial charge in [0.05, 0.1) is 10.6 Å². The van der Waals surface area contributed by atoms with Crippen LogP contribution in [-0.4, -0.2) is 8.42 Å². The van der Waals surface area contributed by atoms with Crippen molar-refractivity contribution in [1.29, 1.82) is 0 Å². The molecule has 0 aliphatic heterocycles. The first kappa shape index (κ1) is 14.4. The fourth-order valence-electron chi connectivity index (χ4n) is 1.86. The molecule has 0 fully saturated rings. The van der Waals surface area contributed by atoms with E-state index in [0.717, 1.165) is 11.1 Å². The van der Waals surface area contributed by atoms with Crippen molar-refractivity contribution in [3.05, 3.63) is 53.6 Å². The molecule has 0 aromatic heterocycles. The summed E-state index contributed by atoms with van der Waals surface area (Å²) in [5.41, 5.74) is 5.65. The summed E-state index contributed by atoms with van der Waals surface area (Å²) in [6, 6.07) is 11.8. The van der Waals surface area contributed by atoms with Crippen molar-refractivity contribution in [2.45, 2.75) is 18.7 Å². The van der Waals surface area contributed by atoms with E-state index >= 15 is 0 Å². The molecule has 0 saturated carbocycles. The number of sulfonamides is 1. The molecule has 5 nitrogen and oxygen atoms in total. The Kier molecular flexibility index (Phi) is 3.96. The first-order valence-electron chi connectivity index (χ1n) is 6.09. The number of benzene rings is 2. The van der Waals surface area contributed by atoms with E-state index in [-0.39, 0.29) is 4.90 Å². The van der Waals surface area contributed by atoms with Crippen molar-refractivity contribution >= 4 is 21.4 Å². The van der Waals surface area contributed by atoms with Crippen LogP contribution in [0.4, 0.5) is 11.4 Å². The molecule has 0 saturated heterocycles. The van der Waals surface area contributed by atoms with Crippen LogP contribution in [0.5, 0.6) is 0 Å². The van der Waals surface area contributed by atoms with Crippen LogP contribution in [0, 0.1) is 13.8 Å². The van der Waals surface area contributed by atoms with E-state index in [1.165, 1.54) is 12.1 Å². The molecular weight excluding hydrogens is 274 g/mol. The van der Waals surface area contributed by atoms with Crippen LogP contribution in [0.25, 0.3) is 0 Å². The van der Waals surface area contributed by atoms with Crippen molar-refractivity contribution in [3.8, 4) is 0 Å². The zero-order valence-corrected chi connectivity index (χ0v) is 12.2. The fraction of sp³-hybridized carbons (Fsp3) is 0.143. The standard InChI is InChI=1S/C14H17N3O2S/c1-10-3-8-14(11(2)9-10)17-20(18,19)13-6-4-12(16-15)5-7-13/h3-9,16-17H,15H2,1-2H3. The Balaban J connectivity index is 2.30. The number of aryl methyl sites for hydroxylation is 2.